The fourth-order valence-corrected chi connectivity index (χ4v) is 2.78. The smallest absolute Gasteiger partial charge is 0.0794 e. The summed E-state index contributed by atoms with van der Waals surface area (Å²) in [6.45, 7) is 3.59. The molecule has 0 fully saturated rings. The van der Waals surface area contributed by atoms with Crippen LogP contribution in [0.3, 0.4) is 0 Å². The topological polar surface area (TPSA) is 53.6 Å². The van der Waals surface area contributed by atoms with Crippen LogP contribution in [-0.2, 0) is 13.1 Å². The molecule has 4 nitrogen and oxygen atoms in total. The van der Waals surface area contributed by atoms with Gasteiger partial charge in [-0.15, -0.1) is 23.7 Å². The predicted molar refractivity (Wildman–Crippen MR) is 88.7 cm³/mol. The number of aryl methyl sites for hydroxylation is 1. The molecule has 0 bridgehead atoms. The van der Waals surface area contributed by atoms with Crippen LogP contribution < -0.4 is 5.32 Å². The van der Waals surface area contributed by atoms with Crippen molar-refractivity contribution in [2.75, 3.05) is 0 Å². The number of nitrogens with zero attached hydrogens (tertiary/aromatic N) is 2. The van der Waals surface area contributed by atoms with Gasteiger partial charge in [-0.25, -0.2) is 0 Å². The number of aromatic nitrogens is 3. The maximum Gasteiger partial charge on any atom is 0.0794 e. The van der Waals surface area contributed by atoms with Crippen LogP contribution >= 0.6 is 23.7 Å². The molecule has 3 heterocycles. The number of hydrogen-bond donors (Lipinski definition) is 2. The van der Waals surface area contributed by atoms with Gasteiger partial charge >= 0.3 is 0 Å². The first-order valence-corrected chi connectivity index (χ1v) is 7.39. The monoisotopic (exact) mass is 320 g/mol. The van der Waals surface area contributed by atoms with Crippen LogP contribution in [0.2, 0.25) is 0 Å². The molecule has 2 N–H and O–H groups in total. The third kappa shape index (κ3) is 3.91. The van der Waals surface area contributed by atoms with Crippen LogP contribution in [0, 0.1) is 6.92 Å². The molecule has 110 valence electrons. The molecule has 0 aromatic carbocycles. The Balaban J connectivity index is 0.00000161. The molecule has 0 saturated carbocycles. The van der Waals surface area contributed by atoms with Crippen molar-refractivity contribution in [3.05, 3.63) is 58.9 Å². The fourth-order valence-electron chi connectivity index (χ4n) is 2.02. The molecule has 0 radical (unpaired) electrons. The fraction of sp³-hybridized carbons (Fsp3) is 0.200. The van der Waals surface area contributed by atoms with Crippen molar-refractivity contribution in [2.24, 2.45) is 0 Å². The third-order valence-electron chi connectivity index (χ3n) is 3.10. The largest absolute Gasteiger partial charge is 0.308 e. The number of thiophene rings is 1. The Hall–Kier alpha value is -1.69. The van der Waals surface area contributed by atoms with Crippen LogP contribution in [0.15, 0.2) is 42.0 Å². The standard InChI is InChI=1S/C15H16N4S.ClH/c1-11-4-5-12(8-17-11)7-16-9-13-10-18-19-15(13)14-3-2-6-20-14;/h2-6,8,10,16H,7,9H2,1H3,(H,18,19);1H. The highest BCUT2D eigenvalue weighted by molar-refractivity contribution is 7.13. The highest BCUT2D eigenvalue weighted by atomic mass is 35.5. The number of pyridine rings is 1. The summed E-state index contributed by atoms with van der Waals surface area (Å²) in [5.41, 5.74) is 4.53. The van der Waals surface area contributed by atoms with Crippen LogP contribution in [0.25, 0.3) is 10.6 Å². The molecule has 6 heteroatoms. The zero-order chi connectivity index (χ0) is 13.8. The van der Waals surface area contributed by atoms with E-state index < -0.39 is 0 Å². The number of rotatable bonds is 5. The summed E-state index contributed by atoms with van der Waals surface area (Å²) in [6, 6.07) is 8.29. The molecule has 0 atom stereocenters. The minimum atomic E-state index is 0. The normalized spacial score (nSPS) is 10.3. The lowest BCUT2D eigenvalue weighted by atomic mass is 10.2. The van der Waals surface area contributed by atoms with Crippen molar-refractivity contribution in [3.63, 3.8) is 0 Å². The summed E-state index contributed by atoms with van der Waals surface area (Å²) in [6.07, 6.45) is 3.80. The minimum Gasteiger partial charge on any atom is -0.308 e. The van der Waals surface area contributed by atoms with Gasteiger partial charge in [0.25, 0.3) is 0 Å². The Morgan fingerprint density at radius 1 is 1.19 bits per heavy atom. The molecule has 21 heavy (non-hydrogen) atoms. The molecule has 0 aliphatic heterocycles. The van der Waals surface area contributed by atoms with E-state index in [9.17, 15) is 0 Å². The van der Waals surface area contributed by atoms with Crippen LogP contribution in [0.4, 0.5) is 0 Å². The second-order valence-corrected chi connectivity index (χ2v) is 5.61. The van der Waals surface area contributed by atoms with Gasteiger partial charge in [-0.05, 0) is 30.0 Å². The molecule has 0 aliphatic carbocycles. The van der Waals surface area contributed by atoms with Crippen molar-refractivity contribution >= 4 is 23.7 Å². The molecular weight excluding hydrogens is 304 g/mol. The summed E-state index contributed by atoms with van der Waals surface area (Å²) in [5, 5.41) is 12.7. The SMILES string of the molecule is Cc1ccc(CNCc2cn[nH]c2-c2cccs2)cn1.Cl. The van der Waals surface area contributed by atoms with Crippen molar-refractivity contribution in [1.29, 1.82) is 0 Å². The first-order valence-electron chi connectivity index (χ1n) is 6.51. The number of nitrogens with one attached hydrogen (secondary N) is 2. The number of halogens is 1. The summed E-state index contributed by atoms with van der Waals surface area (Å²) in [4.78, 5) is 5.51. The maximum absolute atomic E-state index is 4.30. The van der Waals surface area contributed by atoms with E-state index >= 15 is 0 Å². The van der Waals surface area contributed by atoms with Crippen LogP contribution in [-0.4, -0.2) is 15.2 Å². The van der Waals surface area contributed by atoms with E-state index in [1.54, 1.807) is 11.3 Å². The van der Waals surface area contributed by atoms with Gasteiger partial charge in [0.1, 0.15) is 0 Å². The number of H-pyrrole nitrogens is 1. The lowest BCUT2D eigenvalue weighted by molar-refractivity contribution is 0.692. The van der Waals surface area contributed by atoms with Gasteiger partial charge in [0.15, 0.2) is 0 Å². The summed E-state index contributed by atoms with van der Waals surface area (Å²) >= 11 is 1.72. The average Bonchev–Trinajstić information content (AvgIpc) is 3.11. The maximum atomic E-state index is 4.30. The van der Waals surface area contributed by atoms with Crippen molar-refractivity contribution in [1.82, 2.24) is 20.5 Å². The average molecular weight is 321 g/mol. The molecule has 0 unspecified atom stereocenters. The van der Waals surface area contributed by atoms with Gasteiger partial charge in [-0.1, -0.05) is 12.1 Å². The first-order chi connectivity index (χ1) is 9.83. The Kier molecular flexibility index (Phi) is 5.50. The minimum absolute atomic E-state index is 0. The Morgan fingerprint density at radius 2 is 2.10 bits per heavy atom. The molecule has 0 spiro atoms. The molecule has 3 aromatic rings. The van der Waals surface area contributed by atoms with E-state index in [-0.39, 0.29) is 12.4 Å². The quantitative estimate of drug-likeness (QED) is 0.756. The lowest BCUT2D eigenvalue weighted by Crippen LogP contribution is -2.13. The molecule has 0 saturated heterocycles. The first kappa shape index (κ1) is 15.7. The molecular formula is C15H17ClN4S. The van der Waals surface area contributed by atoms with Crippen LogP contribution in [0.5, 0.6) is 0 Å². The van der Waals surface area contributed by atoms with Gasteiger partial charge < -0.3 is 5.32 Å². The van der Waals surface area contributed by atoms with Crippen molar-refractivity contribution in [3.8, 4) is 10.6 Å². The van der Waals surface area contributed by atoms with Gasteiger partial charge in [0.2, 0.25) is 0 Å². The third-order valence-corrected chi connectivity index (χ3v) is 3.99. The number of hydrogen-bond acceptors (Lipinski definition) is 4. The molecule has 3 aromatic heterocycles. The van der Waals surface area contributed by atoms with Gasteiger partial charge in [0.05, 0.1) is 16.8 Å². The van der Waals surface area contributed by atoms with Crippen LogP contribution in [0.1, 0.15) is 16.8 Å². The Labute approximate surface area is 134 Å². The van der Waals surface area contributed by atoms with E-state index in [1.807, 2.05) is 25.4 Å². The second-order valence-electron chi connectivity index (χ2n) is 4.66. The number of aromatic amines is 1. The van der Waals surface area contributed by atoms with Gasteiger partial charge in [-0.3, -0.25) is 10.1 Å². The lowest BCUT2D eigenvalue weighted by Gasteiger charge is -2.05. The Bertz CT molecular complexity index is 661. The molecule has 0 amide bonds. The van der Waals surface area contributed by atoms with E-state index in [0.717, 1.165) is 24.5 Å². The summed E-state index contributed by atoms with van der Waals surface area (Å²) in [5.74, 6) is 0. The van der Waals surface area contributed by atoms with Crippen molar-refractivity contribution < 1.29 is 0 Å². The Morgan fingerprint density at radius 3 is 2.81 bits per heavy atom. The predicted octanol–water partition coefficient (Wildman–Crippen LogP) is 3.55. The molecule has 0 aliphatic rings. The van der Waals surface area contributed by atoms with E-state index in [0.29, 0.717) is 0 Å². The molecule has 3 rings (SSSR count). The van der Waals surface area contributed by atoms with E-state index in [4.69, 9.17) is 0 Å². The summed E-state index contributed by atoms with van der Waals surface area (Å²) in [7, 11) is 0. The highest BCUT2D eigenvalue weighted by Gasteiger charge is 2.07. The zero-order valence-corrected chi connectivity index (χ0v) is 13.3. The summed E-state index contributed by atoms with van der Waals surface area (Å²) < 4.78 is 0. The second kappa shape index (κ2) is 7.36. The van der Waals surface area contributed by atoms with Gasteiger partial charge in [-0.2, -0.15) is 5.10 Å². The van der Waals surface area contributed by atoms with Gasteiger partial charge in [0, 0.05) is 30.5 Å². The van der Waals surface area contributed by atoms with E-state index in [1.165, 1.54) is 16.0 Å². The zero-order valence-electron chi connectivity index (χ0n) is 11.7. The van der Waals surface area contributed by atoms with E-state index in [2.05, 4.69) is 44.1 Å². The van der Waals surface area contributed by atoms with Crippen molar-refractivity contribution in [2.45, 2.75) is 20.0 Å². The highest BCUT2D eigenvalue weighted by Crippen LogP contribution is 2.25.